The number of anilines is 1. The minimum absolute atomic E-state index is 0.353. The van der Waals surface area contributed by atoms with Crippen LogP contribution in [0.1, 0.15) is 25.0 Å². The fraction of sp³-hybridized carbons (Fsp3) is 0.174. The summed E-state index contributed by atoms with van der Waals surface area (Å²) in [5, 5.41) is 0. The number of ether oxygens (including phenoxy) is 1. The van der Waals surface area contributed by atoms with Crippen LogP contribution in [0.2, 0.25) is 0 Å². The lowest BCUT2D eigenvalue weighted by molar-refractivity contribution is 0.0348. The molecular formula is C23H20N4O2. The number of hydrogen-bond acceptors (Lipinski definition) is 4. The van der Waals surface area contributed by atoms with Crippen molar-refractivity contribution in [2.45, 2.75) is 26.0 Å². The maximum atomic E-state index is 12.8. The molecule has 1 aliphatic heterocycles. The van der Waals surface area contributed by atoms with E-state index in [1.54, 1.807) is 17.3 Å². The van der Waals surface area contributed by atoms with Gasteiger partial charge in [-0.2, -0.15) is 0 Å². The topological polar surface area (TPSA) is 71.1 Å². The first-order chi connectivity index (χ1) is 14.0. The molecule has 29 heavy (non-hydrogen) atoms. The third kappa shape index (κ3) is 3.02. The van der Waals surface area contributed by atoms with Crippen LogP contribution in [0.3, 0.4) is 0 Å². The summed E-state index contributed by atoms with van der Waals surface area (Å²) >= 11 is 0. The zero-order chi connectivity index (χ0) is 20.0. The molecule has 0 radical (unpaired) electrons. The van der Waals surface area contributed by atoms with Crippen LogP contribution in [-0.4, -0.2) is 21.0 Å². The second-order valence-electron chi connectivity index (χ2n) is 7.66. The maximum absolute atomic E-state index is 12.8. The normalized spacial score (nSPS) is 15.2. The van der Waals surface area contributed by atoms with Gasteiger partial charge in [0.2, 0.25) is 0 Å². The molecular weight excluding hydrogens is 364 g/mol. The molecule has 144 valence electrons. The minimum atomic E-state index is -0.729. The number of fused-ring (bicyclic) bond motifs is 2. The van der Waals surface area contributed by atoms with Gasteiger partial charge in [0.1, 0.15) is 11.4 Å². The SMILES string of the molecule is CC1(C)OC(=O)N(Cc2ccccc2)c2cc3nc(-c4cccnc4)[nH]c3cc21. The third-order valence-electron chi connectivity index (χ3n) is 5.22. The summed E-state index contributed by atoms with van der Waals surface area (Å²) in [5.74, 6) is 0.745. The number of imidazole rings is 1. The number of cyclic esters (lactones) is 1. The zero-order valence-corrected chi connectivity index (χ0v) is 16.2. The van der Waals surface area contributed by atoms with Gasteiger partial charge in [-0.05, 0) is 43.7 Å². The Morgan fingerprint density at radius 2 is 1.93 bits per heavy atom. The summed E-state index contributed by atoms with van der Waals surface area (Å²) in [4.78, 5) is 26.7. The number of carbonyl (C=O) groups excluding carboxylic acids is 1. The van der Waals surface area contributed by atoms with Crippen molar-refractivity contribution in [3.63, 3.8) is 0 Å². The van der Waals surface area contributed by atoms with Crippen LogP contribution < -0.4 is 4.90 Å². The Bertz CT molecular complexity index is 1200. The lowest BCUT2D eigenvalue weighted by Crippen LogP contribution is -2.43. The van der Waals surface area contributed by atoms with Gasteiger partial charge in [-0.15, -0.1) is 0 Å². The van der Waals surface area contributed by atoms with E-state index in [1.807, 2.05) is 68.4 Å². The van der Waals surface area contributed by atoms with Crippen LogP contribution >= 0.6 is 0 Å². The molecule has 0 unspecified atom stereocenters. The third-order valence-corrected chi connectivity index (χ3v) is 5.22. The molecule has 0 aliphatic carbocycles. The van der Waals surface area contributed by atoms with Gasteiger partial charge >= 0.3 is 6.09 Å². The summed E-state index contributed by atoms with van der Waals surface area (Å²) in [5.41, 5.74) is 4.68. The van der Waals surface area contributed by atoms with E-state index in [0.29, 0.717) is 6.54 Å². The van der Waals surface area contributed by atoms with E-state index in [1.165, 1.54) is 0 Å². The Morgan fingerprint density at radius 3 is 2.69 bits per heavy atom. The first-order valence-electron chi connectivity index (χ1n) is 9.50. The molecule has 0 spiro atoms. The summed E-state index contributed by atoms with van der Waals surface area (Å²) in [7, 11) is 0. The first-order valence-corrected chi connectivity index (χ1v) is 9.50. The predicted molar refractivity (Wildman–Crippen MR) is 111 cm³/mol. The van der Waals surface area contributed by atoms with Crippen molar-refractivity contribution in [3.05, 3.63) is 78.1 Å². The predicted octanol–water partition coefficient (Wildman–Crippen LogP) is 5.02. The minimum Gasteiger partial charge on any atom is -0.438 e. The number of nitrogens with zero attached hydrogens (tertiary/aromatic N) is 3. The standard InChI is InChI=1S/C23H20N4O2/c1-23(2)17-11-18-19(26-21(25-18)16-9-6-10-24-13-16)12-20(17)27(22(28)29-23)14-15-7-4-3-5-8-15/h3-13H,14H2,1-2H3,(H,25,26). The number of nitrogens with one attached hydrogen (secondary N) is 1. The molecule has 4 aromatic rings. The molecule has 0 atom stereocenters. The summed E-state index contributed by atoms with van der Waals surface area (Å²) in [6.45, 7) is 4.26. The lowest BCUT2D eigenvalue weighted by atomic mass is 9.93. The number of hydrogen-bond donors (Lipinski definition) is 1. The van der Waals surface area contributed by atoms with Crippen molar-refractivity contribution in [1.82, 2.24) is 15.0 Å². The number of carbonyl (C=O) groups is 1. The Labute approximate surface area is 168 Å². The van der Waals surface area contributed by atoms with Crippen LogP contribution in [0.15, 0.2) is 67.0 Å². The largest absolute Gasteiger partial charge is 0.438 e. The van der Waals surface area contributed by atoms with E-state index in [0.717, 1.165) is 39.2 Å². The summed E-state index contributed by atoms with van der Waals surface area (Å²) in [6, 6.07) is 17.7. The van der Waals surface area contributed by atoms with Crippen LogP contribution in [0.25, 0.3) is 22.4 Å². The van der Waals surface area contributed by atoms with Gasteiger partial charge in [0.25, 0.3) is 0 Å². The molecule has 0 saturated heterocycles. The van der Waals surface area contributed by atoms with Crippen molar-refractivity contribution in [1.29, 1.82) is 0 Å². The van der Waals surface area contributed by atoms with Gasteiger partial charge in [-0.25, -0.2) is 9.78 Å². The molecule has 1 N–H and O–H groups in total. The van der Waals surface area contributed by atoms with Crippen molar-refractivity contribution in [2.24, 2.45) is 0 Å². The maximum Gasteiger partial charge on any atom is 0.415 e. The Kier molecular flexibility index (Phi) is 3.87. The average molecular weight is 384 g/mol. The van der Waals surface area contributed by atoms with Gasteiger partial charge in [-0.3, -0.25) is 9.88 Å². The average Bonchev–Trinajstić information content (AvgIpc) is 3.14. The van der Waals surface area contributed by atoms with Gasteiger partial charge in [-0.1, -0.05) is 30.3 Å². The zero-order valence-electron chi connectivity index (χ0n) is 16.2. The molecule has 6 nitrogen and oxygen atoms in total. The smallest absolute Gasteiger partial charge is 0.415 e. The second kappa shape index (κ2) is 6.44. The molecule has 6 heteroatoms. The van der Waals surface area contributed by atoms with Crippen molar-refractivity contribution in [2.75, 3.05) is 4.90 Å². The number of rotatable bonds is 3. The van der Waals surface area contributed by atoms with Crippen LogP contribution in [0.4, 0.5) is 10.5 Å². The van der Waals surface area contributed by atoms with Crippen molar-refractivity contribution in [3.8, 4) is 11.4 Å². The Morgan fingerprint density at radius 1 is 1.10 bits per heavy atom. The number of pyridine rings is 1. The molecule has 5 rings (SSSR count). The van der Waals surface area contributed by atoms with E-state index in [4.69, 9.17) is 9.72 Å². The van der Waals surface area contributed by atoms with E-state index in [2.05, 4.69) is 9.97 Å². The van der Waals surface area contributed by atoms with Gasteiger partial charge in [0, 0.05) is 23.5 Å². The van der Waals surface area contributed by atoms with Crippen molar-refractivity contribution < 1.29 is 9.53 Å². The fourth-order valence-electron chi connectivity index (χ4n) is 3.73. The number of H-pyrrole nitrogens is 1. The van der Waals surface area contributed by atoms with Crippen LogP contribution in [-0.2, 0) is 16.9 Å². The Balaban J connectivity index is 1.64. The van der Waals surface area contributed by atoms with Gasteiger partial charge in [0.05, 0.1) is 23.3 Å². The Hall–Kier alpha value is -3.67. The van der Waals surface area contributed by atoms with Crippen LogP contribution in [0, 0.1) is 0 Å². The van der Waals surface area contributed by atoms with Gasteiger partial charge in [0.15, 0.2) is 0 Å². The molecule has 2 aromatic carbocycles. The van der Waals surface area contributed by atoms with E-state index in [-0.39, 0.29) is 6.09 Å². The molecule has 1 amide bonds. The highest BCUT2D eigenvalue weighted by Crippen LogP contribution is 2.41. The van der Waals surface area contributed by atoms with E-state index >= 15 is 0 Å². The lowest BCUT2D eigenvalue weighted by Gasteiger charge is -2.38. The highest BCUT2D eigenvalue weighted by atomic mass is 16.6. The van der Waals surface area contributed by atoms with Crippen LogP contribution in [0.5, 0.6) is 0 Å². The number of aromatic nitrogens is 3. The van der Waals surface area contributed by atoms with Gasteiger partial charge < -0.3 is 9.72 Å². The first kappa shape index (κ1) is 17.4. The van der Waals surface area contributed by atoms with Crippen molar-refractivity contribution >= 4 is 22.8 Å². The molecule has 2 aromatic heterocycles. The quantitative estimate of drug-likeness (QED) is 0.539. The number of benzene rings is 2. The van der Waals surface area contributed by atoms with E-state index in [9.17, 15) is 4.79 Å². The number of amides is 1. The summed E-state index contributed by atoms with van der Waals surface area (Å²) < 4.78 is 5.77. The molecule has 0 saturated carbocycles. The molecule has 0 fully saturated rings. The summed E-state index contributed by atoms with van der Waals surface area (Å²) in [6.07, 6.45) is 3.15. The molecule has 3 heterocycles. The second-order valence-corrected chi connectivity index (χ2v) is 7.66. The molecule has 1 aliphatic rings. The van der Waals surface area contributed by atoms with E-state index < -0.39 is 5.60 Å². The highest BCUT2D eigenvalue weighted by Gasteiger charge is 2.38. The fourth-order valence-corrected chi connectivity index (χ4v) is 3.73. The number of aromatic amines is 1. The monoisotopic (exact) mass is 384 g/mol. The molecule has 0 bridgehead atoms. The highest BCUT2D eigenvalue weighted by molar-refractivity contribution is 5.95.